The van der Waals surface area contributed by atoms with Crippen LogP contribution in [-0.4, -0.2) is 30.7 Å². The molecule has 0 bridgehead atoms. The lowest BCUT2D eigenvalue weighted by Gasteiger charge is -2.14. The Bertz CT molecular complexity index is 393. The molecule has 5 heteroatoms. The Hall–Kier alpha value is -1.75. The van der Waals surface area contributed by atoms with E-state index >= 15 is 0 Å². The van der Waals surface area contributed by atoms with E-state index < -0.39 is 0 Å². The fourth-order valence-corrected chi connectivity index (χ4v) is 1.49. The van der Waals surface area contributed by atoms with Gasteiger partial charge in [-0.25, -0.2) is 0 Å². The van der Waals surface area contributed by atoms with Crippen LogP contribution in [-0.2, 0) is 0 Å². The lowest BCUT2D eigenvalue weighted by Crippen LogP contribution is -2.34. The standard InChI is InChI=1S/C12H18N2O3/c1-8(6-7-13)14-12(16)9-4-3-5-10(17-2)11(9)15/h3-5,8,15H,6-7,13H2,1-2H3,(H,14,16). The molecule has 1 unspecified atom stereocenters. The molecule has 0 aliphatic carbocycles. The minimum Gasteiger partial charge on any atom is -0.504 e. The summed E-state index contributed by atoms with van der Waals surface area (Å²) in [6.45, 7) is 2.37. The Labute approximate surface area is 101 Å². The van der Waals surface area contributed by atoms with E-state index in [0.29, 0.717) is 13.0 Å². The summed E-state index contributed by atoms with van der Waals surface area (Å²) in [7, 11) is 1.44. The first-order valence-electron chi connectivity index (χ1n) is 5.47. The molecule has 5 nitrogen and oxygen atoms in total. The highest BCUT2D eigenvalue weighted by atomic mass is 16.5. The van der Waals surface area contributed by atoms with Crippen LogP contribution in [0.1, 0.15) is 23.7 Å². The second-order valence-electron chi connectivity index (χ2n) is 3.81. The smallest absolute Gasteiger partial charge is 0.255 e. The predicted molar refractivity (Wildman–Crippen MR) is 65.3 cm³/mol. The maximum atomic E-state index is 11.9. The van der Waals surface area contributed by atoms with E-state index in [-0.39, 0.29) is 29.0 Å². The van der Waals surface area contributed by atoms with Gasteiger partial charge >= 0.3 is 0 Å². The van der Waals surface area contributed by atoms with Crippen LogP contribution < -0.4 is 15.8 Å². The van der Waals surface area contributed by atoms with Gasteiger partial charge in [-0.3, -0.25) is 4.79 Å². The van der Waals surface area contributed by atoms with E-state index in [1.54, 1.807) is 18.2 Å². The molecule has 0 spiro atoms. The highest BCUT2D eigenvalue weighted by Crippen LogP contribution is 2.29. The first-order valence-corrected chi connectivity index (χ1v) is 5.47. The van der Waals surface area contributed by atoms with Crippen molar-refractivity contribution in [2.24, 2.45) is 5.73 Å². The number of amides is 1. The van der Waals surface area contributed by atoms with Crippen LogP contribution in [0.2, 0.25) is 0 Å². The molecular weight excluding hydrogens is 220 g/mol. The molecule has 0 saturated heterocycles. The number of ether oxygens (including phenoxy) is 1. The molecule has 1 aromatic rings. The van der Waals surface area contributed by atoms with Crippen molar-refractivity contribution in [1.29, 1.82) is 0 Å². The summed E-state index contributed by atoms with van der Waals surface area (Å²) in [6.07, 6.45) is 0.691. The third kappa shape index (κ3) is 3.35. The molecule has 0 radical (unpaired) electrons. The number of carbonyl (C=O) groups excluding carboxylic acids is 1. The van der Waals surface area contributed by atoms with E-state index in [0.717, 1.165) is 0 Å². The van der Waals surface area contributed by atoms with Gasteiger partial charge in [-0.05, 0) is 32.0 Å². The number of nitrogens with two attached hydrogens (primary N) is 1. The molecule has 0 aromatic heterocycles. The van der Waals surface area contributed by atoms with Crippen molar-refractivity contribution in [3.8, 4) is 11.5 Å². The number of hydrogen-bond acceptors (Lipinski definition) is 4. The van der Waals surface area contributed by atoms with Gasteiger partial charge in [0.05, 0.1) is 12.7 Å². The van der Waals surface area contributed by atoms with Crippen LogP contribution in [0, 0.1) is 0 Å². The number of phenols is 1. The van der Waals surface area contributed by atoms with Crippen LogP contribution in [0.3, 0.4) is 0 Å². The van der Waals surface area contributed by atoms with Crippen molar-refractivity contribution in [1.82, 2.24) is 5.32 Å². The monoisotopic (exact) mass is 238 g/mol. The number of para-hydroxylation sites is 1. The van der Waals surface area contributed by atoms with Gasteiger partial charge in [0.25, 0.3) is 5.91 Å². The first-order chi connectivity index (χ1) is 8.10. The lowest BCUT2D eigenvalue weighted by atomic mass is 10.1. The minimum atomic E-state index is -0.331. The van der Waals surface area contributed by atoms with Crippen molar-refractivity contribution in [3.63, 3.8) is 0 Å². The molecule has 0 fully saturated rings. The number of benzene rings is 1. The number of rotatable bonds is 5. The number of phenolic OH excluding ortho intramolecular Hbond substituents is 1. The Morgan fingerprint density at radius 2 is 2.29 bits per heavy atom. The van der Waals surface area contributed by atoms with Gasteiger partial charge in [0.2, 0.25) is 0 Å². The normalized spacial score (nSPS) is 11.9. The van der Waals surface area contributed by atoms with Gasteiger partial charge in [-0.2, -0.15) is 0 Å². The first kappa shape index (κ1) is 13.3. The maximum absolute atomic E-state index is 11.9. The molecule has 0 heterocycles. The van der Waals surface area contributed by atoms with Crippen LogP contribution >= 0.6 is 0 Å². The Morgan fingerprint density at radius 3 is 2.88 bits per heavy atom. The van der Waals surface area contributed by atoms with Crippen LogP contribution in [0.4, 0.5) is 0 Å². The molecule has 94 valence electrons. The number of carbonyl (C=O) groups is 1. The Morgan fingerprint density at radius 1 is 1.59 bits per heavy atom. The molecule has 1 atom stereocenters. The Kier molecular flexibility index (Phi) is 4.78. The second kappa shape index (κ2) is 6.10. The molecule has 1 amide bonds. The van der Waals surface area contributed by atoms with Gasteiger partial charge in [-0.1, -0.05) is 6.07 Å². The summed E-state index contributed by atoms with van der Waals surface area (Å²) in [4.78, 5) is 11.9. The average molecular weight is 238 g/mol. The molecule has 0 aliphatic heterocycles. The number of aromatic hydroxyl groups is 1. The summed E-state index contributed by atoms with van der Waals surface area (Å²) in [6, 6.07) is 4.76. The second-order valence-corrected chi connectivity index (χ2v) is 3.81. The number of nitrogens with one attached hydrogen (secondary N) is 1. The van der Waals surface area contributed by atoms with E-state index in [9.17, 15) is 9.90 Å². The van der Waals surface area contributed by atoms with E-state index in [4.69, 9.17) is 10.5 Å². The highest BCUT2D eigenvalue weighted by Gasteiger charge is 2.15. The molecule has 0 aliphatic rings. The minimum absolute atomic E-state index is 0.0295. The topological polar surface area (TPSA) is 84.6 Å². The Balaban J connectivity index is 2.82. The van der Waals surface area contributed by atoms with Crippen LogP contribution in [0.25, 0.3) is 0 Å². The van der Waals surface area contributed by atoms with Crippen molar-refractivity contribution in [2.45, 2.75) is 19.4 Å². The van der Waals surface area contributed by atoms with Gasteiger partial charge in [-0.15, -0.1) is 0 Å². The largest absolute Gasteiger partial charge is 0.504 e. The van der Waals surface area contributed by atoms with Crippen LogP contribution in [0.15, 0.2) is 18.2 Å². The van der Waals surface area contributed by atoms with E-state index in [1.165, 1.54) is 7.11 Å². The maximum Gasteiger partial charge on any atom is 0.255 e. The summed E-state index contributed by atoms with van der Waals surface area (Å²) in [5.41, 5.74) is 5.60. The van der Waals surface area contributed by atoms with Crippen molar-refractivity contribution >= 4 is 5.91 Å². The SMILES string of the molecule is COc1cccc(C(=O)NC(C)CCN)c1O. The number of hydrogen-bond donors (Lipinski definition) is 3. The van der Waals surface area contributed by atoms with Crippen molar-refractivity contribution in [3.05, 3.63) is 23.8 Å². The molecule has 1 aromatic carbocycles. The molecule has 4 N–H and O–H groups in total. The highest BCUT2D eigenvalue weighted by molar-refractivity contribution is 5.97. The zero-order valence-electron chi connectivity index (χ0n) is 10.1. The van der Waals surface area contributed by atoms with Crippen molar-refractivity contribution < 1.29 is 14.6 Å². The molecule has 0 saturated carbocycles. The fraction of sp³-hybridized carbons (Fsp3) is 0.417. The zero-order chi connectivity index (χ0) is 12.8. The summed E-state index contributed by atoms with van der Waals surface area (Å²) in [5, 5.41) is 12.5. The predicted octanol–water partition coefficient (Wildman–Crippen LogP) is 0.868. The number of methoxy groups -OCH3 is 1. The molecule has 1 rings (SSSR count). The van der Waals surface area contributed by atoms with Gasteiger partial charge in [0, 0.05) is 6.04 Å². The van der Waals surface area contributed by atoms with Gasteiger partial charge in [0.1, 0.15) is 0 Å². The summed E-state index contributed by atoms with van der Waals surface area (Å²) in [5.74, 6) is -0.195. The van der Waals surface area contributed by atoms with E-state index in [2.05, 4.69) is 5.32 Å². The summed E-state index contributed by atoms with van der Waals surface area (Å²) >= 11 is 0. The van der Waals surface area contributed by atoms with Gasteiger partial charge in [0.15, 0.2) is 11.5 Å². The average Bonchev–Trinajstić information content (AvgIpc) is 2.29. The van der Waals surface area contributed by atoms with Crippen molar-refractivity contribution in [2.75, 3.05) is 13.7 Å². The zero-order valence-corrected chi connectivity index (χ0v) is 10.1. The lowest BCUT2D eigenvalue weighted by molar-refractivity contribution is 0.0935. The third-order valence-corrected chi connectivity index (χ3v) is 2.44. The van der Waals surface area contributed by atoms with Gasteiger partial charge < -0.3 is 20.9 Å². The molecule has 17 heavy (non-hydrogen) atoms. The summed E-state index contributed by atoms with van der Waals surface area (Å²) < 4.78 is 4.94. The van der Waals surface area contributed by atoms with E-state index in [1.807, 2.05) is 6.92 Å². The molecular formula is C12H18N2O3. The van der Waals surface area contributed by atoms with Crippen LogP contribution in [0.5, 0.6) is 11.5 Å². The fourth-order valence-electron chi connectivity index (χ4n) is 1.49. The quantitative estimate of drug-likeness (QED) is 0.710. The third-order valence-electron chi connectivity index (χ3n) is 2.44.